The van der Waals surface area contributed by atoms with E-state index in [0.717, 1.165) is 7.11 Å². The van der Waals surface area contributed by atoms with E-state index in [1.54, 1.807) is 0 Å². The van der Waals surface area contributed by atoms with E-state index in [1.807, 2.05) is 0 Å². The largest absolute Gasteiger partial charge is 0.400 e. The van der Waals surface area contributed by atoms with Crippen molar-refractivity contribution in [2.45, 2.75) is 0 Å². The van der Waals surface area contributed by atoms with Gasteiger partial charge in [0.2, 0.25) is 0 Å². The first-order chi connectivity index (χ1) is 1.00. The zero-order chi connectivity index (χ0) is 2.00. The van der Waals surface area contributed by atoms with E-state index in [4.69, 9.17) is 5.11 Å². The van der Waals surface area contributed by atoms with Crippen LogP contribution < -0.4 is 6.15 Å². The molecule has 0 unspecified atom stereocenters. The molecule has 3 heteroatoms. The maximum atomic E-state index is 7.00. The van der Waals surface area contributed by atoms with Gasteiger partial charge >= 0.3 is 0 Å². The van der Waals surface area contributed by atoms with E-state index in [2.05, 4.69) is 0 Å². The van der Waals surface area contributed by atoms with Gasteiger partial charge in [-0.3, -0.25) is 0 Å². The van der Waals surface area contributed by atoms with Crippen LogP contribution in [0, 0.1) is 0 Å². The number of hydrogen-bond donors (Lipinski definition) is 2. The maximum absolute atomic E-state index is 7.00. The fourth-order valence-corrected chi connectivity index (χ4v) is 0. The molecule has 0 heterocycles. The Hall–Kier alpha value is 0.920. The molecule has 0 rings (SSSR count). The molecule has 0 aliphatic carbocycles. The minimum atomic E-state index is 0. The molecular weight excluding hydrogens is 65.0 g/mol. The second-order valence-electron chi connectivity index (χ2n) is 0. The third-order valence-electron chi connectivity index (χ3n) is 0. The Morgan fingerprint density at radius 2 is 1.25 bits per heavy atom. The van der Waals surface area contributed by atoms with E-state index in [0.29, 0.717) is 0 Å². The van der Waals surface area contributed by atoms with Gasteiger partial charge in [-0.05, 0) is 0 Å². The van der Waals surface area contributed by atoms with Crippen molar-refractivity contribution >= 4 is 29.6 Å². The molecule has 0 fully saturated rings. The zero-order valence-corrected chi connectivity index (χ0v) is 5.15. The summed E-state index contributed by atoms with van der Waals surface area (Å²) in [7, 11) is 1.00. The van der Waals surface area contributed by atoms with Crippen molar-refractivity contribution in [2.24, 2.45) is 0 Å². The molecule has 0 aromatic rings. The predicted molar refractivity (Wildman–Crippen MR) is 18.9 cm³/mol. The molecule has 0 amide bonds. The average molecular weight is 72.1 g/mol. The van der Waals surface area contributed by atoms with Gasteiger partial charge < -0.3 is 11.3 Å². The van der Waals surface area contributed by atoms with Gasteiger partial charge in [0.1, 0.15) is 0 Å². The molecule has 2 nitrogen and oxygen atoms in total. The van der Waals surface area contributed by atoms with Crippen LogP contribution in [0.4, 0.5) is 0 Å². The Bertz CT molecular complexity index is 8.00. The standard InChI is InChI=1S/CH4O.H3N.Na/c1-2;;/h2H,1H3;1H3;. The van der Waals surface area contributed by atoms with E-state index in [-0.39, 0.29) is 35.7 Å². The van der Waals surface area contributed by atoms with Crippen molar-refractivity contribution in [3.8, 4) is 0 Å². The van der Waals surface area contributed by atoms with Crippen LogP contribution in [0.1, 0.15) is 0 Å². The summed E-state index contributed by atoms with van der Waals surface area (Å²) in [6, 6.07) is 0. The Labute approximate surface area is 48.1 Å². The monoisotopic (exact) mass is 72.0 g/mol. The molecule has 4 N–H and O–H groups in total. The van der Waals surface area contributed by atoms with Gasteiger partial charge in [-0.2, -0.15) is 0 Å². The maximum Gasteiger partial charge on any atom is 0.0319 e. The molecular formula is CH7NNaO. The predicted octanol–water partition coefficient (Wildman–Crippen LogP) is -0.610. The van der Waals surface area contributed by atoms with E-state index in [1.165, 1.54) is 0 Å². The van der Waals surface area contributed by atoms with Crippen molar-refractivity contribution in [2.75, 3.05) is 7.11 Å². The molecule has 0 aliphatic rings. The minimum absolute atomic E-state index is 0. The van der Waals surface area contributed by atoms with Crippen LogP contribution in [0.25, 0.3) is 0 Å². The minimum Gasteiger partial charge on any atom is -0.400 e. The molecule has 0 saturated heterocycles. The fourth-order valence-electron chi connectivity index (χ4n) is 0. The van der Waals surface area contributed by atoms with Crippen LogP contribution >= 0.6 is 0 Å². The van der Waals surface area contributed by atoms with Gasteiger partial charge in [-0.25, -0.2) is 0 Å². The van der Waals surface area contributed by atoms with E-state index < -0.39 is 0 Å². The summed E-state index contributed by atoms with van der Waals surface area (Å²) in [6.07, 6.45) is 0. The average Bonchev–Trinajstić information content (AvgIpc) is 1.00. The van der Waals surface area contributed by atoms with Crippen molar-refractivity contribution in [3.63, 3.8) is 0 Å². The summed E-state index contributed by atoms with van der Waals surface area (Å²) in [4.78, 5) is 0. The van der Waals surface area contributed by atoms with Crippen molar-refractivity contribution in [1.82, 2.24) is 6.15 Å². The van der Waals surface area contributed by atoms with E-state index >= 15 is 0 Å². The molecule has 0 aromatic heterocycles. The normalized spacial score (nSPS) is 1.50. The Kier molecular flexibility index (Phi) is 202. The molecule has 0 spiro atoms. The molecule has 0 atom stereocenters. The molecule has 0 aromatic carbocycles. The summed E-state index contributed by atoms with van der Waals surface area (Å²) in [5.74, 6) is 0. The van der Waals surface area contributed by atoms with Crippen molar-refractivity contribution < 1.29 is 5.11 Å². The van der Waals surface area contributed by atoms with Crippen molar-refractivity contribution in [1.29, 1.82) is 0 Å². The molecule has 0 bridgehead atoms. The van der Waals surface area contributed by atoms with Gasteiger partial charge in [0.25, 0.3) is 0 Å². The van der Waals surface area contributed by atoms with Crippen LogP contribution in [-0.2, 0) is 0 Å². The SMILES string of the molecule is CO.N.[Na]. The second kappa shape index (κ2) is 39.5. The van der Waals surface area contributed by atoms with Gasteiger partial charge in [0.15, 0.2) is 0 Å². The second-order valence-corrected chi connectivity index (χ2v) is 0. The number of aliphatic hydroxyl groups is 1. The van der Waals surface area contributed by atoms with E-state index in [9.17, 15) is 0 Å². The quantitative estimate of drug-likeness (QED) is 0.375. The molecule has 0 aliphatic heterocycles. The summed E-state index contributed by atoms with van der Waals surface area (Å²) in [6.45, 7) is 0. The molecule has 23 valence electrons. The third-order valence-corrected chi connectivity index (χ3v) is 0. The molecule has 4 heavy (non-hydrogen) atoms. The topological polar surface area (TPSA) is 55.2 Å². The van der Waals surface area contributed by atoms with Gasteiger partial charge in [-0.15, -0.1) is 0 Å². The van der Waals surface area contributed by atoms with Gasteiger partial charge in [0.05, 0.1) is 0 Å². The van der Waals surface area contributed by atoms with Crippen LogP contribution in [-0.4, -0.2) is 41.8 Å². The Balaban J connectivity index is -0.00000000500. The fraction of sp³-hybridized carbons (Fsp3) is 1.00. The number of aliphatic hydroxyl groups excluding tert-OH is 1. The summed E-state index contributed by atoms with van der Waals surface area (Å²) < 4.78 is 0. The van der Waals surface area contributed by atoms with Crippen LogP contribution in [0.5, 0.6) is 0 Å². The number of rotatable bonds is 0. The van der Waals surface area contributed by atoms with Gasteiger partial charge in [-0.1, -0.05) is 0 Å². The first kappa shape index (κ1) is 20.5. The van der Waals surface area contributed by atoms with Crippen LogP contribution in [0.3, 0.4) is 0 Å². The van der Waals surface area contributed by atoms with Crippen LogP contribution in [0.15, 0.2) is 0 Å². The third kappa shape index (κ3) is 12.7. The Morgan fingerprint density at radius 1 is 1.25 bits per heavy atom. The summed E-state index contributed by atoms with van der Waals surface area (Å²) in [5, 5.41) is 7.00. The van der Waals surface area contributed by atoms with Crippen LogP contribution in [0.2, 0.25) is 0 Å². The Morgan fingerprint density at radius 3 is 1.25 bits per heavy atom. The zero-order valence-electron chi connectivity index (χ0n) is 3.15. The first-order valence-electron chi connectivity index (χ1n) is 0.447. The molecule has 0 saturated carbocycles. The van der Waals surface area contributed by atoms with Gasteiger partial charge in [0, 0.05) is 36.7 Å². The molecule has 1 radical (unpaired) electrons. The smallest absolute Gasteiger partial charge is 0.0319 e. The summed E-state index contributed by atoms with van der Waals surface area (Å²) in [5.41, 5.74) is 0. The summed E-state index contributed by atoms with van der Waals surface area (Å²) >= 11 is 0. The van der Waals surface area contributed by atoms with Crippen molar-refractivity contribution in [3.05, 3.63) is 0 Å². The number of hydrogen-bond acceptors (Lipinski definition) is 2. The first-order valence-corrected chi connectivity index (χ1v) is 0.447.